The van der Waals surface area contributed by atoms with Gasteiger partial charge in [-0.15, -0.1) is 0 Å². The van der Waals surface area contributed by atoms with Crippen LogP contribution in [0.1, 0.15) is 40.0 Å². The van der Waals surface area contributed by atoms with Crippen LogP contribution in [0.2, 0.25) is 0 Å². The largest absolute Gasteiger partial charge is 0.382 e. The standard InChI is InChI=1S/C13H28N2O/c1-4-16-10-6-9-15-8-5-7-13(15)11-14-12(2)3/h12-14H,4-11H2,1-3H3. The fraction of sp³-hybridized carbons (Fsp3) is 1.00. The Kier molecular flexibility index (Phi) is 7.01. The van der Waals surface area contributed by atoms with Gasteiger partial charge >= 0.3 is 0 Å². The molecule has 16 heavy (non-hydrogen) atoms. The first-order valence-corrected chi connectivity index (χ1v) is 6.79. The van der Waals surface area contributed by atoms with Gasteiger partial charge in [-0.25, -0.2) is 0 Å². The topological polar surface area (TPSA) is 24.5 Å². The summed E-state index contributed by atoms with van der Waals surface area (Å²) in [6.45, 7) is 11.9. The van der Waals surface area contributed by atoms with Gasteiger partial charge in [-0.3, -0.25) is 4.90 Å². The Hall–Kier alpha value is -0.120. The van der Waals surface area contributed by atoms with Crippen LogP contribution in [-0.2, 0) is 4.74 Å². The quantitative estimate of drug-likeness (QED) is 0.642. The van der Waals surface area contributed by atoms with Crippen LogP contribution in [0.3, 0.4) is 0 Å². The van der Waals surface area contributed by atoms with Crippen molar-refractivity contribution in [2.75, 3.05) is 32.8 Å². The summed E-state index contributed by atoms with van der Waals surface area (Å²) in [5, 5.41) is 3.55. The summed E-state index contributed by atoms with van der Waals surface area (Å²) in [5.74, 6) is 0. The SMILES string of the molecule is CCOCCCN1CCCC1CNC(C)C. The highest BCUT2D eigenvalue weighted by Gasteiger charge is 2.23. The van der Waals surface area contributed by atoms with Crippen LogP contribution in [0, 0.1) is 0 Å². The Morgan fingerprint density at radius 1 is 1.44 bits per heavy atom. The van der Waals surface area contributed by atoms with E-state index in [9.17, 15) is 0 Å². The van der Waals surface area contributed by atoms with E-state index in [1.807, 2.05) is 0 Å². The van der Waals surface area contributed by atoms with E-state index < -0.39 is 0 Å². The minimum absolute atomic E-state index is 0.603. The van der Waals surface area contributed by atoms with Gasteiger partial charge in [-0.05, 0) is 32.7 Å². The number of nitrogens with one attached hydrogen (secondary N) is 1. The lowest BCUT2D eigenvalue weighted by Crippen LogP contribution is -2.40. The first-order valence-electron chi connectivity index (χ1n) is 6.79. The summed E-state index contributed by atoms with van der Waals surface area (Å²) in [6.07, 6.45) is 3.89. The lowest BCUT2D eigenvalue weighted by Gasteiger charge is -2.25. The zero-order valence-corrected chi connectivity index (χ0v) is 11.2. The van der Waals surface area contributed by atoms with E-state index in [0.717, 1.165) is 25.8 Å². The molecule has 0 spiro atoms. The van der Waals surface area contributed by atoms with Crippen LogP contribution in [0.4, 0.5) is 0 Å². The molecule has 1 aliphatic heterocycles. The maximum absolute atomic E-state index is 5.38. The van der Waals surface area contributed by atoms with Gasteiger partial charge in [0.1, 0.15) is 0 Å². The van der Waals surface area contributed by atoms with Gasteiger partial charge in [0.15, 0.2) is 0 Å². The van der Waals surface area contributed by atoms with Crippen molar-refractivity contribution in [1.29, 1.82) is 0 Å². The lowest BCUT2D eigenvalue weighted by atomic mass is 10.2. The van der Waals surface area contributed by atoms with E-state index in [1.54, 1.807) is 0 Å². The molecule has 0 amide bonds. The summed E-state index contributed by atoms with van der Waals surface area (Å²) in [6, 6.07) is 1.36. The Morgan fingerprint density at radius 2 is 2.25 bits per heavy atom. The van der Waals surface area contributed by atoms with E-state index >= 15 is 0 Å². The summed E-state index contributed by atoms with van der Waals surface area (Å²) in [7, 11) is 0. The first kappa shape index (κ1) is 13.9. The smallest absolute Gasteiger partial charge is 0.0478 e. The Bertz CT molecular complexity index is 173. The van der Waals surface area contributed by atoms with Crippen LogP contribution in [0.15, 0.2) is 0 Å². The monoisotopic (exact) mass is 228 g/mol. The molecule has 0 aromatic rings. The second-order valence-corrected chi connectivity index (χ2v) is 4.95. The Labute approximate surface area is 101 Å². The van der Waals surface area contributed by atoms with Crippen molar-refractivity contribution in [3.05, 3.63) is 0 Å². The number of hydrogen-bond acceptors (Lipinski definition) is 3. The maximum atomic E-state index is 5.38. The molecule has 3 heteroatoms. The highest BCUT2D eigenvalue weighted by molar-refractivity contribution is 4.81. The normalized spacial score (nSPS) is 22.1. The van der Waals surface area contributed by atoms with Gasteiger partial charge in [-0.1, -0.05) is 13.8 Å². The number of likely N-dealkylation sites (tertiary alicyclic amines) is 1. The van der Waals surface area contributed by atoms with Crippen LogP contribution in [0.5, 0.6) is 0 Å². The van der Waals surface area contributed by atoms with Gasteiger partial charge < -0.3 is 10.1 Å². The molecule has 1 unspecified atom stereocenters. The van der Waals surface area contributed by atoms with Crippen LogP contribution in [0.25, 0.3) is 0 Å². The fourth-order valence-electron chi connectivity index (χ4n) is 2.31. The van der Waals surface area contributed by atoms with Crippen LogP contribution < -0.4 is 5.32 Å². The summed E-state index contributed by atoms with van der Waals surface area (Å²) in [5.41, 5.74) is 0. The minimum Gasteiger partial charge on any atom is -0.382 e. The molecule has 0 aliphatic carbocycles. The zero-order chi connectivity index (χ0) is 11.8. The van der Waals surface area contributed by atoms with Crippen molar-refractivity contribution in [2.45, 2.75) is 52.1 Å². The predicted molar refractivity (Wildman–Crippen MR) is 68.8 cm³/mol. The maximum Gasteiger partial charge on any atom is 0.0478 e. The molecule has 1 heterocycles. The molecular formula is C13H28N2O. The molecule has 96 valence electrons. The summed E-state index contributed by atoms with van der Waals surface area (Å²) in [4.78, 5) is 2.62. The zero-order valence-electron chi connectivity index (χ0n) is 11.2. The average molecular weight is 228 g/mol. The van der Waals surface area contributed by atoms with Crippen molar-refractivity contribution in [3.63, 3.8) is 0 Å². The van der Waals surface area contributed by atoms with Crippen molar-refractivity contribution in [2.24, 2.45) is 0 Å². The van der Waals surface area contributed by atoms with E-state index in [2.05, 4.69) is 31.0 Å². The molecule has 0 aromatic carbocycles. The molecule has 1 fully saturated rings. The van der Waals surface area contributed by atoms with Gasteiger partial charge in [0.05, 0.1) is 0 Å². The second kappa shape index (κ2) is 8.04. The molecule has 1 rings (SSSR count). The van der Waals surface area contributed by atoms with Crippen molar-refractivity contribution < 1.29 is 4.74 Å². The molecule has 1 N–H and O–H groups in total. The third-order valence-corrected chi connectivity index (χ3v) is 3.20. The third-order valence-electron chi connectivity index (χ3n) is 3.20. The second-order valence-electron chi connectivity index (χ2n) is 4.95. The van der Waals surface area contributed by atoms with Gasteiger partial charge in [0.2, 0.25) is 0 Å². The van der Waals surface area contributed by atoms with Crippen molar-refractivity contribution in [1.82, 2.24) is 10.2 Å². The van der Waals surface area contributed by atoms with Crippen molar-refractivity contribution >= 4 is 0 Å². The molecule has 3 nitrogen and oxygen atoms in total. The number of ether oxygens (including phenoxy) is 1. The summed E-state index contributed by atoms with van der Waals surface area (Å²) >= 11 is 0. The molecule has 0 saturated carbocycles. The minimum atomic E-state index is 0.603. The number of hydrogen-bond donors (Lipinski definition) is 1. The molecule has 0 radical (unpaired) electrons. The van der Waals surface area contributed by atoms with Crippen LogP contribution >= 0.6 is 0 Å². The third kappa shape index (κ3) is 5.28. The lowest BCUT2D eigenvalue weighted by molar-refractivity contribution is 0.129. The van der Waals surface area contributed by atoms with Gasteiger partial charge in [-0.2, -0.15) is 0 Å². The predicted octanol–water partition coefficient (Wildman–Crippen LogP) is 1.88. The van der Waals surface area contributed by atoms with E-state index in [0.29, 0.717) is 6.04 Å². The Balaban J connectivity index is 2.13. The van der Waals surface area contributed by atoms with Gasteiger partial charge in [0.25, 0.3) is 0 Å². The molecule has 0 bridgehead atoms. The molecular weight excluding hydrogens is 200 g/mol. The first-order chi connectivity index (χ1) is 7.74. The van der Waals surface area contributed by atoms with E-state index in [4.69, 9.17) is 4.74 Å². The van der Waals surface area contributed by atoms with Crippen molar-refractivity contribution in [3.8, 4) is 0 Å². The van der Waals surface area contributed by atoms with Crippen LogP contribution in [-0.4, -0.2) is 49.8 Å². The Morgan fingerprint density at radius 3 is 2.94 bits per heavy atom. The van der Waals surface area contributed by atoms with Gasteiger partial charge in [0, 0.05) is 38.4 Å². The number of nitrogens with zero attached hydrogens (tertiary/aromatic N) is 1. The van der Waals surface area contributed by atoms with E-state index in [-0.39, 0.29) is 0 Å². The van der Waals surface area contributed by atoms with E-state index in [1.165, 1.54) is 32.4 Å². The summed E-state index contributed by atoms with van der Waals surface area (Å²) < 4.78 is 5.38. The highest BCUT2D eigenvalue weighted by atomic mass is 16.5. The average Bonchev–Trinajstić information content (AvgIpc) is 2.69. The fourth-order valence-corrected chi connectivity index (χ4v) is 2.31. The molecule has 0 aromatic heterocycles. The number of rotatable bonds is 8. The molecule has 1 aliphatic rings. The molecule has 1 atom stereocenters. The highest BCUT2D eigenvalue weighted by Crippen LogP contribution is 2.16. The molecule has 1 saturated heterocycles.